The highest BCUT2D eigenvalue weighted by atomic mass is 16.6. The molecule has 0 aliphatic carbocycles. The molecule has 0 fully saturated rings. The fourth-order valence-corrected chi connectivity index (χ4v) is 5.40. The predicted octanol–water partition coefficient (Wildman–Crippen LogP) is 4.26. The van der Waals surface area contributed by atoms with Gasteiger partial charge in [0.2, 0.25) is 17.6 Å². The fourth-order valence-electron chi connectivity index (χ4n) is 5.40. The Labute approximate surface area is 262 Å². The lowest BCUT2D eigenvalue weighted by atomic mass is 10.00. The van der Waals surface area contributed by atoms with Crippen molar-refractivity contribution in [2.24, 2.45) is 7.05 Å². The molecule has 3 aromatic carbocycles. The molecule has 0 radical (unpaired) electrons. The van der Waals surface area contributed by atoms with Gasteiger partial charge in [0.25, 0.3) is 0 Å². The molecule has 1 N–H and O–H groups in total. The molecule has 1 aliphatic heterocycles. The highest BCUT2D eigenvalue weighted by molar-refractivity contribution is 6.02. The van der Waals surface area contributed by atoms with E-state index in [2.05, 4.69) is 20.7 Å². The molecule has 0 spiro atoms. The number of carbonyl (C=O) groups is 3. The van der Waals surface area contributed by atoms with Gasteiger partial charge in [-0.15, -0.1) is 10.2 Å². The second-order valence-corrected chi connectivity index (χ2v) is 12.2. The Balaban J connectivity index is 1.46. The molecule has 12 heteroatoms. The monoisotopic (exact) mass is 613 g/mol. The number of nitrogens with zero attached hydrogens (tertiary/aromatic N) is 6. The highest BCUT2D eigenvalue weighted by Gasteiger charge is 2.35. The Morgan fingerprint density at radius 3 is 2.58 bits per heavy atom. The number of anilines is 1. The Morgan fingerprint density at radius 1 is 1.13 bits per heavy atom. The number of likely N-dealkylation sites (N-methyl/N-ethyl adjacent to an activating group) is 1. The smallest absolute Gasteiger partial charge is 0.410 e. The molecule has 236 valence electrons. The molecule has 2 atom stereocenters. The van der Waals surface area contributed by atoms with Gasteiger partial charge < -0.3 is 19.7 Å². The topological polar surface area (TPSA) is 132 Å². The van der Waals surface area contributed by atoms with Gasteiger partial charge in [0.1, 0.15) is 23.4 Å². The van der Waals surface area contributed by atoms with Gasteiger partial charge in [0, 0.05) is 23.9 Å². The minimum absolute atomic E-state index is 0.207. The Bertz CT molecular complexity index is 1750. The van der Waals surface area contributed by atoms with Crippen molar-refractivity contribution in [3.63, 3.8) is 0 Å². The van der Waals surface area contributed by atoms with Crippen LogP contribution in [0.1, 0.15) is 45.2 Å². The zero-order chi connectivity index (χ0) is 32.5. The average molecular weight is 614 g/mol. The molecule has 1 aromatic heterocycles. The normalized spacial score (nSPS) is 15.7. The Morgan fingerprint density at radius 2 is 1.89 bits per heavy atom. The number of nitrogens with one attached hydrogen (secondary N) is 1. The summed E-state index contributed by atoms with van der Waals surface area (Å²) >= 11 is 0. The lowest BCUT2D eigenvalue weighted by Gasteiger charge is -2.30. The third-order valence-electron chi connectivity index (χ3n) is 7.90. The van der Waals surface area contributed by atoms with Crippen LogP contribution in [-0.2, 0) is 34.3 Å². The van der Waals surface area contributed by atoms with Crippen molar-refractivity contribution in [1.29, 1.82) is 0 Å². The van der Waals surface area contributed by atoms with E-state index in [0.29, 0.717) is 24.4 Å². The average Bonchev–Trinajstić information content (AvgIpc) is 3.40. The van der Waals surface area contributed by atoms with Crippen LogP contribution in [0.15, 0.2) is 54.6 Å². The molecule has 0 saturated heterocycles. The molecular weight excluding hydrogens is 574 g/mol. The summed E-state index contributed by atoms with van der Waals surface area (Å²) in [5.74, 6) is 0.453. The first-order chi connectivity index (χ1) is 21.4. The number of para-hydroxylation sites is 1. The third kappa shape index (κ3) is 6.74. The van der Waals surface area contributed by atoms with E-state index in [1.54, 1.807) is 46.8 Å². The van der Waals surface area contributed by atoms with E-state index in [1.165, 1.54) is 16.7 Å². The number of tetrazole rings is 1. The molecular formula is C33H39N7O5. The molecule has 3 amide bonds. The van der Waals surface area contributed by atoms with Gasteiger partial charge in [-0.3, -0.25) is 14.5 Å². The predicted molar refractivity (Wildman–Crippen MR) is 170 cm³/mol. The number of carbonyl (C=O) groups excluding carboxylic acids is 3. The van der Waals surface area contributed by atoms with Crippen LogP contribution in [0.2, 0.25) is 0 Å². The lowest BCUT2D eigenvalue weighted by molar-refractivity contribution is -0.130. The lowest BCUT2D eigenvalue weighted by Crippen LogP contribution is -2.54. The number of aromatic nitrogens is 4. The first-order valence-corrected chi connectivity index (χ1v) is 14.9. The summed E-state index contributed by atoms with van der Waals surface area (Å²) in [6, 6.07) is 15.8. The van der Waals surface area contributed by atoms with Crippen LogP contribution in [0, 0.1) is 0 Å². The third-order valence-corrected chi connectivity index (χ3v) is 7.90. The first kappa shape index (κ1) is 31.4. The minimum Gasteiger partial charge on any atom is -0.496 e. The Hall–Kier alpha value is -5.00. The van der Waals surface area contributed by atoms with Crippen LogP contribution >= 0.6 is 0 Å². The summed E-state index contributed by atoms with van der Waals surface area (Å²) in [5.41, 5.74) is 2.70. The van der Waals surface area contributed by atoms with Crippen molar-refractivity contribution in [1.82, 2.24) is 30.4 Å². The van der Waals surface area contributed by atoms with Gasteiger partial charge in [0.15, 0.2) is 0 Å². The summed E-state index contributed by atoms with van der Waals surface area (Å²) in [5, 5.41) is 17.1. The Kier molecular flexibility index (Phi) is 8.76. The number of fused-ring (bicyclic) bond motifs is 2. The summed E-state index contributed by atoms with van der Waals surface area (Å²) in [6.45, 7) is 7.11. The first-order valence-electron chi connectivity index (χ1n) is 14.9. The molecule has 0 bridgehead atoms. The van der Waals surface area contributed by atoms with Crippen LogP contribution in [0.5, 0.6) is 5.75 Å². The number of methoxy groups -OCH3 is 1. The van der Waals surface area contributed by atoms with Crippen molar-refractivity contribution < 1.29 is 23.9 Å². The summed E-state index contributed by atoms with van der Waals surface area (Å²) in [7, 11) is 4.83. The summed E-state index contributed by atoms with van der Waals surface area (Å²) in [4.78, 5) is 44.6. The molecule has 2 heterocycles. The fraction of sp³-hybridized carbons (Fsp3) is 0.394. The maximum atomic E-state index is 14.3. The van der Waals surface area contributed by atoms with Crippen LogP contribution < -0.4 is 15.0 Å². The van der Waals surface area contributed by atoms with E-state index in [1.807, 2.05) is 54.6 Å². The number of hydrogen-bond donors (Lipinski definition) is 1. The van der Waals surface area contributed by atoms with Crippen molar-refractivity contribution in [2.45, 2.75) is 64.8 Å². The van der Waals surface area contributed by atoms with Crippen LogP contribution in [0.25, 0.3) is 22.2 Å². The number of benzene rings is 3. The summed E-state index contributed by atoms with van der Waals surface area (Å²) in [6.07, 6.45) is 0.371. The summed E-state index contributed by atoms with van der Waals surface area (Å²) < 4.78 is 11.2. The standard InChI is InChI=1S/C33H39N7O5/c1-20(38(5)32(43)45-33(2,3)4)30(41)34-26-16-13-21-10-8-9-11-27(21)40(31(26)42)19-25-24-15-12-23(29-35-37-39(6)36-29)18-22(24)14-17-28(25)44-7/h8-12,14-15,17-18,20,26H,13,16,19H2,1-7H3,(H,34,41)/t20?,26-/m0/s1. The van der Waals surface area contributed by atoms with Crippen molar-refractivity contribution in [3.8, 4) is 17.1 Å². The largest absolute Gasteiger partial charge is 0.496 e. The second kappa shape index (κ2) is 12.5. The van der Waals surface area contributed by atoms with E-state index >= 15 is 0 Å². The zero-order valence-electron chi connectivity index (χ0n) is 26.7. The van der Waals surface area contributed by atoms with Crippen LogP contribution in [0.4, 0.5) is 10.5 Å². The van der Waals surface area contributed by atoms with Crippen LogP contribution in [0.3, 0.4) is 0 Å². The van der Waals surface area contributed by atoms with Gasteiger partial charge in [-0.1, -0.05) is 36.4 Å². The van der Waals surface area contributed by atoms with E-state index in [0.717, 1.165) is 33.2 Å². The molecule has 1 aliphatic rings. The number of ether oxygens (including phenoxy) is 2. The molecule has 5 rings (SSSR count). The minimum atomic E-state index is -0.858. The number of amides is 3. The molecule has 4 aromatic rings. The second-order valence-electron chi connectivity index (χ2n) is 12.2. The molecule has 0 saturated carbocycles. The van der Waals surface area contributed by atoms with Gasteiger partial charge >= 0.3 is 6.09 Å². The number of hydrogen-bond acceptors (Lipinski definition) is 8. The van der Waals surface area contributed by atoms with Crippen LogP contribution in [-0.4, -0.2) is 74.9 Å². The van der Waals surface area contributed by atoms with Crippen molar-refractivity contribution in [2.75, 3.05) is 19.1 Å². The number of aryl methyl sites for hydroxylation is 2. The zero-order valence-corrected chi connectivity index (χ0v) is 26.7. The van der Waals surface area contributed by atoms with Gasteiger partial charge in [-0.25, -0.2) is 4.79 Å². The maximum absolute atomic E-state index is 14.3. The highest BCUT2D eigenvalue weighted by Crippen LogP contribution is 2.35. The SMILES string of the molecule is COc1ccc2cc(-c3nnn(C)n3)ccc2c1CN1C(=O)[C@@H](NC(=O)C(C)N(C)C(=O)OC(C)(C)C)CCc2ccccc21. The van der Waals surface area contributed by atoms with Gasteiger partial charge in [-0.2, -0.15) is 4.80 Å². The van der Waals surface area contributed by atoms with E-state index < -0.39 is 29.7 Å². The molecule has 1 unspecified atom stereocenters. The van der Waals surface area contributed by atoms with Gasteiger partial charge in [0.05, 0.1) is 20.7 Å². The number of rotatable bonds is 7. The van der Waals surface area contributed by atoms with Crippen molar-refractivity contribution >= 4 is 34.4 Å². The van der Waals surface area contributed by atoms with E-state index in [4.69, 9.17) is 9.47 Å². The molecule has 12 nitrogen and oxygen atoms in total. The van der Waals surface area contributed by atoms with E-state index in [9.17, 15) is 14.4 Å². The van der Waals surface area contributed by atoms with Crippen molar-refractivity contribution in [3.05, 3.63) is 65.7 Å². The molecule has 45 heavy (non-hydrogen) atoms. The van der Waals surface area contributed by atoms with Gasteiger partial charge in [-0.05, 0) is 80.3 Å². The van der Waals surface area contributed by atoms with E-state index in [-0.39, 0.29) is 12.5 Å². The quantitative estimate of drug-likeness (QED) is 0.327. The maximum Gasteiger partial charge on any atom is 0.410 e.